The van der Waals surface area contributed by atoms with Crippen LogP contribution < -0.4 is 14.8 Å². The average molecular weight is 277 g/mol. The van der Waals surface area contributed by atoms with Crippen LogP contribution in [0.4, 0.5) is 10.3 Å². The van der Waals surface area contributed by atoms with Gasteiger partial charge in [-0.1, -0.05) is 12.1 Å². The minimum atomic E-state index is -0.627. The third-order valence-electron chi connectivity index (χ3n) is 2.40. The molecule has 0 spiro atoms. The van der Waals surface area contributed by atoms with E-state index in [1.54, 1.807) is 18.2 Å². The van der Waals surface area contributed by atoms with Crippen molar-refractivity contribution < 1.29 is 13.9 Å². The third kappa shape index (κ3) is 3.34. The topological polar surface area (TPSA) is 56.3 Å². The van der Waals surface area contributed by atoms with Crippen LogP contribution in [-0.4, -0.2) is 23.1 Å². The number of ether oxygens (including phenoxy) is 2. The number of halogens is 1. The van der Waals surface area contributed by atoms with E-state index in [0.29, 0.717) is 30.6 Å². The van der Waals surface area contributed by atoms with E-state index in [2.05, 4.69) is 15.3 Å². The van der Waals surface area contributed by atoms with E-state index in [9.17, 15) is 4.39 Å². The van der Waals surface area contributed by atoms with E-state index in [0.717, 1.165) is 6.20 Å². The maximum Gasteiger partial charge on any atom is 0.261 e. The molecule has 1 heterocycles. The molecule has 20 heavy (non-hydrogen) atoms. The molecule has 0 bridgehead atoms. The fraction of sp³-hybridized carbons (Fsp3) is 0.286. The van der Waals surface area contributed by atoms with E-state index in [4.69, 9.17) is 9.47 Å². The lowest BCUT2D eigenvalue weighted by molar-refractivity contribution is 0.316. The van der Waals surface area contributed by atoms with Gasteiger partial charge in [-0.2, -0.15) is 9.37 Å². The average Bonchev–Trinajstić information content (AvgIpc) is 2.45. The van der Waals surface area contributed by atoms with Gasteiger partial charge >= 0.3 is 0 Å². The summed E-state index contributed by atoms with van der Waals surface area (Å²) in [6.45, 7) is 4.90. The second kappa shape index (κ2) is 6.70. The number of rotatable bonds is 6. The van der Waals surface area contributed by atoms with Gasteiger partial charge in [-0.25, -0.2) is 4.98 Å². The number of para-hydroxylation sites is 2. The normalized spacial score (nSPS) is 10.2. The molecule has 0 atom stereocenters. The molecule has 0 radical (unpaired) electrons. The second-order valence-corrected chi connectivity index (χ2v) is 3.86. The number of hydrogen-bond donors (Lipinski definition) is 1. The molecule has 1 aromatic carbocycles. The van der Waals surface area contributed by atoms with Crippen LogP contribution in [0.5, 0.6) is 17.4 Å². The molecule has 106 valence electrons. The Labute approximate surface area is 116 Å². The molecular weight excluding hydrogens is 261 g/mol. The van der Waals surface area contributed by atoms with E-state index in [1.807, 2.05) is 19.9 Å². The monoisotopic (exact) mass is 277 g/mol. The highest BCUT2D eigenvalue weighted by atomic mass is 19.1. The number of nitrogens with zero attached hydrogens (tertiary/aromatic N) is 2. The number of aromatic nitrogens is 2. The van der Waals surface area contributed by atoms with Crippen LogP contribution in [0, 0.1) is 5.82 Å². The van der Waals surface area contributed by atoms with Crippen molar-refractivity contribution in [1.29, 1.82) is 0 Å². The Morgan fingerprint density at radius 3 is 2.65 bits per heavy atom. The molecule has 2 rings (SSSR count). The fourth-order valence-corrected chi connectivity index (χ4v) is 1.58. The van der Waals surface area contributed by atoms with Gasteiger partial charge in [0.25, 0.3) is 5.88 Å². The summed E-state index contributed by atoms with van der Waals surface area (Å²) in [4.78, 5) is 7.80. The van der Waals surface area contributed by atoms with Crippen LogP contribution >= 0.6 is 0 Å². The van der Waals surface area contributed by atoms with Gasteiger partial charge in [0.05, 0.1) is 12.8 Å². The van der Waals surface area contributed by atoms with Gasteiger partial charge < -0.3 is 14.8 Å². The van der Waals surface area contributed by atoms with Crippen LogP contribution in [0.3, 0.4) is 0 Å². The molecule has 1 N–H and O–H groups in total. The van der Waals surface area contributed by atoms with Crippen LogP contribution in [0.25, 0.3) is 0 Å². The van der Waals surface area contributed by atoms with Crippen molar-refractivity contribution in [3.8, 4) is 17.4 Å². The maximum absolute atomic E-state index is 13.7. The zero-order valence-electron chi connectivity index (χ0n) is 11.4. The van der Waals surface area contributed by atoms with Crippen molar-refractivity contribution in [3.05, 3.63) is 36.3 Å². The Kier molecular flexibility index (Phi) is 4.70. The van der Waals surface area contributed by atoms with Crippen molar-refractivity contribution >= 4 is 5.95 Å². The summed E-state index contributed by atoms with van der Waals surface area (Å²) < 4.78 is 24.6. The first-order chi connectivity index (χ1) is 9.74. The van der Waals surface area contributed by atoms with Crippen LogP contribution in [0.1, 0.15) is 13.8 Å². The first-order valence-corrected chi connectivity index (χ1v) is 6.40. The number of benzene rings is 1. The molecule has 0 saturated heterocycles. The standard InChI is InChI=1S/C14H16FN3O2/c1-3-16-14-17-9-10(15)13(18-14)20-12-8-6-5-7-11(12)19-4-2/h5-9H,3-4H2,1-2H3,(H,16,17,18). The number of anilines is 1. The van der Waals surface area contributed by atoms with E-state index < -0.39 is 5.82 Å². The minimum Gasteiger partial charge on any atom is -0.490 e. The Bertz CT molecular complexity index is 578. The first-order valence-electron chi connectivity index (χ1n) is 6.40. The summed E-state index contributed by atoms with van der Waals surface area (Å²) in [5.41, 5.74) is 0. The number of nitrogens with one attached hydrogen (secondary N) is 1. The summed E-state index contributed by atoms with van der Waals surface area (Å²) >= 11 is 0. The SMILES string of the molecule is CCNc1ncc(F)c(Oc2ccccc2OCC)n1. The molecule has 1 aromatic heterocycles. The van der Waals surface area contributed by atoms with Crippen molar-refractivity contribution in [1.82, 2.24) is 9.97 Å². The highest BCUT2D eigenvalue weighted by molar-refractivity contribution is 5.42. The highest BCUT2D eigenvalue weighted by Gasteiger charge is 2.12. The Hall–Kier alpha value is -2.37. The first kappa shape index (κ1) is 14.0. The van der Waals surface area contributed by atoms with Crippen LogP contribution in [0.15, 0.2) is 30.5 Å². The number of hydrogen-bond acceptors (Lipinski definition) is 5. The van der Waals surface area contributed by atoms with Gasteiger partial charge in [0.2, 0.25) is 11.8 Å². The zero-order valence-corrected chi connectivity index (χ0v) is 11.4. The lowest BCUT2D eigenvalue weighted by atomic mass is 10.3. The van der Waals surface area contributed by atoms with Crippen molar-refractivity contribution in [3.63, 3.8) is 0 Å². The predicted molar refractivity (Wildman–Crippen MR) is 73.8 cm³/mol. The van der Waals surface area contributed by atoms with E-state index in [-0.39, 0.29) is 5.88 Å². The maximum atomic E-state index is 13.7. The van der Waals surface area contributed by atoms with E-state index >= 15 is 0 Å². The summed E-state index contributed by atoms with van der Waals surface area (Å²) in [6, 6.07) is 7.04. The Morgan fingerprint density at radius 2 is 1.95 bits per heavy atom. The molecule has 0 saturated carbocycles. The molecule has 6 heteroatoms. The smallest absolute Gasteiger partial charge is 0.261 e. The lowest BCUT2D eigenvalue weighted by Crippen LogP contribution is -2.04. The van der Waals surface area contributed by atoms with Gasteiger partial charge in [-0.3, -0.25) is 0 Å². The van der Waals surface area contributed by atoms with Gasteiger partial charge in [0, 0.05) is 6.54 Å². The van der Waals surface area contributed by atoms with Crippen LogP contribution in [0.2, 0.25) is 0 Å². The molecule has 0 aliphatic rings. The quantitative estimate of drug-likeness (QED) is 0.878. The zero-order chi connectivity index (χ0) is 14.4. The lowest BCUT2D eigenvalue weighted by Gasteiger charge is -2.11. The Morgan fingerprint density at radius 1 is 1.20 bits per heavy atom. The molecule has 0 unspecified atom stereocenters. The molecule has 0 amide bonds. The predicted octanol–water partition coefficient (Wildman–Crippen LogP) is 3.24. The molecule has 5 nitrogen and oxygen atoms in total. The Balaban J connectivity index is 2.27. The van der Waals surface area contributed by atoms with Gasteiger partial charge in [-0.15, -0.1) is 0 Å². The summed E-state index contributed by atoms with van der Waals surface area (Å²) in [7, 11) is 0. The second-order valence-electron chi connectivity index (χ2n) is 3.86. The van der Waals surface area contributed by atoms with Gasteiger partial charge in [0.1, 0.15) is 0 Å². The van der Waals surface area contributed by atoms with Crippen molar-refractivity contribution in [2.75, 3.05) is 18.5 Å². The van der Waals surface area contributed by atoms with Gasteiger partial charge in [-0.05, 0) is 26.0 Å². The minimum absolute atomic E-state index is 0.136. The molecule has 0 fully saturated rings. The molecule has 0 aliphatic carbocycles. The summed E-state index contributed by atoms with van der Waals surface area (Å²) in [5, 5.41) is 2.90. The van der Waals surface area contributed by atoms with E-state index in [1.165, 1.54) is 0 Å². The van der Waals surface area contributed by atoms with Gasteiger partial charge in [0.15, 0.2) is 11.5 Å². The summed E-state index contributed by atoms with van der Waals surface area (Å²) in [6.07, 6.45) is 1.07. The molecule has 2 aromatic rings. The third-order valence-corrected chi connectivity index (χ3v) is 2.40. The fourth-order valence-electron chi connectivity index (χ4n) is 1.58. The highest BCUT2D eigenvalue weighted by Crippen LogP contribution is 2.31. The largest absolute Gasteiger partial charge is 0.490 e. The van der Waals surface area contributed by atoms with Crippen molar-refractivity contribution in [2.45, 2.75) is 13.8 Å². The van der Waals surface area contributed by atoms with Crippen molar-refractivity contribution in [2.24, 2.45) is 0 Å². The molecular formula is C14H16FN3O2. The van der Waals surface area contributed by atoms with Crippen LogP contribution in [-0.2, 0) is 0 Å². The molecule has 0 aliphatic heterocycles. The summed E-state index contributed by atoms with van der Waals surface area (Å²) in [5.74, 6) is 0.506.